The van der Waals surface area contributed by atoms with Crippen LogP contribution in [0, 0.1) is 5.92 Å². The van der Waals surface area contributed by atoms with Gasteiger partial charge in [-0.2, -0.15) is 0 Å². The molecule has 0 radical (unpaired) electrons. The number of carbonyl (C=O) groups is 2. The summed E-state index contributed by atoms with van der Waals surface area (Å²) < 4.78 is 0.970. The Labute approximate surface area is 142 Å². The average molecular weight is 379 g/mol. The lowest BCUT2D eigenvalue weighted by Crippen LogP contribution is -2.40. The first-order valence-electron chi connectivity index (χ1n) is 7.82. The van der Waals surface area contributed by atoms with Crippen LogP contribution in [0.2, 0.25) is 0 Å². The van der Waals surface area contributed by atoms with Gasteiger partial charge >= 0.3 is 5.97 Å². The van der Waals surface area contributed by atoms with E-state index in [4.69, 9.17) is 5.11 Å². The minimum atomic E-state index is -0.769. The van der Waals surface area contributed by atoms with Gasteiger partial charge < -0.3 is 15.0 Å². The van der Waals surface area contributed by atoms with Crippen molar-refractivity contribution in [2.24, 2.45) is 5.92 Å². The molecule has 2 aromatic rings. The molecule has 1 aliphatic heterocycles. The number of fused-ring (bicyclic) bond motifs is 1. The Hall–Kier alpha value is -1.82. The maximum atomic E-state index is 12.7. The summed E-state index contributed by atoms with van der Waals surface area (Å²) in [6.45, 7) is 1.38. The molecular formula is C17H19BrN2O3. The van der Waals surface area contributed by atoms with Crippen LogP contribution < -0.4 is 0 Å². The molecule has 1 fully saturated rings. The highest BCUT2D eigenvalue weighted by molar-refractivity contribution is 9.10. The average Bonchev–Trinajstić information content (AvgIpc) is 2.95. The van der Waals surface area contributed by atoms with Gasteiger partial charge in [0.15, 0.2) is 0 Å². The van der Waals surface area contributed by atoms with Crippen LogP contribution >= 0.6 is 15.9 Å². The molecule has 1 aromatic heterocycles. The molecule has 1 aliphatic rings. The number of hydrogen-bond donors (Lipinski definition) is 2. The second-order valence-corrected chi connectivity index (χ2v) is 7.02. The highest BCUT2D eigenvalue weighted by Gasteiger charge is 2.25. The first-order valence-corrected chi connectivity index (χ1v) is 8.61. The molecule has 5 nitrogen and oxygen atoms in total. The highest BCUT2D eigenvalue weighted by atomic mass is 79.9. The maximum Gasteiger partial charge on any atom is 0.303 e. The number of halogens is 1. The summed E-state index contributed by atoms with van der Waals surface area (Å²) in [5.41, 5.74) is 1.53. The number of aliphatic carboxylic acids is 1. The summed E-state index contributed by atoms with van der Waals surface area (Å²) in [6, 6.07) is 7.76. The fourth-order valence-corrected chi connectivity index (χ4v) is 3.56. The van der Waals surface area contributed by atoms with Crippen molar-refractivity contribution in [3.05, 3.63) is 34.4 Å². The van der Waals surface area contributed by atoms with Crippen molar-refractivity contribution in [3.8, 4) is 0 Å². The van der Waals surface area contributed by atoms with Gasteiger partial charge in [-0.15, -0.1) is 0 Å². The van der Waals surface area contributed by atoms with E-state index in [1.807, 2.05) is 29.2 Å². The first-order chi connectivity index (χ1) is 11.0. The fourth-order valence-electron chi connectivity index (χ4n) is 3.20. The molecule has 0 unspecified atom stereocenters. The van der Waals surface area contributed by atoms with Gasteiger partial charge in [0, 0.05) is 34.9 Å². The van der Waals surface area contributed by atoms with Crippen LogP contribution in [-0.4, -0.2) is 40.0 Å². The number of benzene rings is 1. The number of piperidine rings is 1. The number of likely N-dealkylation sites (tertiary alicyclic amines) is 1. The van der Waals surface area contributed by atoms with Crippen molar-refractivity contribution < 1.29 is 14.7 Å². The van der Waals surface area contributed by atoms with Crippen LogP contribution in [0.1, 0.15) is 36.2 Å². The lowest BCUT2D eigenvalue weighted by atomic mass is 9.93. The number of nitrogens with zero attached hydrogens (tertiary/aromatic N) is 1. The SMILES string of the molecule is O=C(O)CC[C@H]1CCCN(C(=O)c2cc3ccc(Br)cc3[nH]2)C1. The van der Waals surface area contributed by atoms with Gasteiger partial charge in [0.1, 0.15) is 5.69 Å². The number of H-pyrrole nitrogens is 1. The summed E-state index contributed by atoms with van der Waals surface area (Å²) >= 11 is 3.43. The predicted molar refractivity (Wildman–Crippen MR) is 91.5 cm³/mol. The lowest BCUT2D eigenvalue weighted by Gasteiger charge is -2.32. The highest BCUT2D eigenvalue weighted by Crippen LogP contribution is 2.24. The monoisotopic (exact) mass is 378 g/mol. The number of aromatic nitrogens is 1. The number of carbonyl (C=O) groups excluding carboxylic acids is 1. The van der Waals surface area contributed by atoms with Gasteiger partial charge in [-0.1, -0.05) is 22.0 Å². The van der Waals surface area contributed by atoms with E-state index in [-0.39, 0.29) is 18.2 Å². The van der Waals surface area contributed by atoms with Gasteiger partial charge in [0.05, 0.1) is 0 Å². The van der Waals surface area contributed by atoms with E-state index in [1.165, 1.54) is 0 Å². The van der Waals surface area contributed by atoms with Gasteiger partial charge in [-0.3, -0.25) is 9.59 Å². The van der Waals surface area contributed by atoms with Gasteiger partial charge in [0.25, 0.3) is 5.91 Å². The van der Waals surface area contributed by atoms with Gasteiger partial charge in [0.2, 0.25) is 0 Å². The second kappa shape index (κ2) is 6.74. The van der Waals surface area contributed by atoms with Crippen LogP contribution in [0.25, 0.3) is 10.9 Å². The van der Waals surface area contributed by atoms with Gasteiger partial charge in [-0.05, 0) is 43.4 Å². The van der Waals surface area contributed by atoms with E-state index < -0.39 is 5.97 Å². The second-order valence-electron chi connectivity index (χ2n) is 6.11. The Kier molecular flexibility index (Phi) is 4.71. The zero-order valence-electron chi connectivity index (χ0n) is 12.7. The van der Waals surface area contributed by atoms with E-state index >= 15 is 0 Å². The summed E-state index contributed by atoms with van der Waals surface area (Å²) in [7, 11) is 0. The molecule has 3 rings (SSSR count). The Bertz CT molecular complexity index is 741. The van der Waals surface area contributed by atoms with E-state index in [0.717, 1.165) is 34.8 Å². The van der Waals surface area contributed by atoms with Crippen LogP contribution in [-0.2, 0) is 4.79 Å². The van der Waals surface area contributed by atoms with E-state index in [0.29, 0.717) is 18.7 Å². The van der Waals surface area contributed by atoms with Crippen molar-refractivity contribution in [1.29, 1.82) is 0 Å². The first kappa shape index (κ1) is 16.1. The Morgan fingerprint density at radius 1 is 1.35 bits per heavy atom. The normalized spacial score (nSPS) is 18.3. The summed E-state index contributed by atoms with van der Waals surface area (Å²) in [4.78, 5) is 28.4. The molecule has 2 N–H and O–H groups in total. The minimum Gasteiger partial charge on any atom is -0.481 e. The van der Waals surface area contributed by atoms with Crippen molar-refractivity contribution in [3.63, 3.8) is 0 Å². The Morgan fingerprint density at radius 3 is 2.96 bits per heavy atom. The molecule has 2 heterocycles. The molecule has 1 saturated heterocycles. The zero-order valence-corrected chi connectivity index (χ0v) is 14.3. The smallest absolute Gasteiger partial charge is 0.303 e. The third kappa shape index (κ3) is 3.75. The molecule has 1 amide bonds. The van der Waals surface area contributed by atoms with E-state index in [2.05, 4.69) is 20.9 Å². The van der Waals surface area contributed by atoms with Crippen molar-refractivity contribution in [2.45, 2.75) is 25.7 Å². The third-order valence-electron chi connectivity index (χ3n) is 4.39. The van der Waals surface area contributed by atoms with E-state index in [1.54, 1.807) is 0 Å². The van der Waals surface area contributed by atoms with E-state index in [9.17, 15) is 9.59 Å². The molecule has 122 valence electrons. The molecule has 23 heavy (non-hydrogen) atoms. The minimum absolute atomic E-state index is 0.00246. The maximum absolute atomic E-state index is 12.7. The Balaban J connectivity index is 1.71. The number of amides is 1. The standard InChI is InChI=1S/C17H19BrN2O3/c18-13-5-4-12-8-15(19-14(12)9-13)17(23)20-7-1-2-11(10-20)3-6-16(21)22/h4-5,8-9,11,19H,1-3,6-7,10H2,(H,21,22)/t11-/m1/s1. The molecular weight excluding hydrogens is 360 g/mol. The molecule has 0 bridgehead atoms. The van der Waals surface area contributed by atoms with Crippen LogP contribution in [0.3, 0.4) is 0 Å². The molecule has 0 spiro atoms. The topological polar surface area (TPSA) is 73.4 Å². The number of hydrogen-bond acceptors (Lipinski definition) is 2. The predicted octanol–water partition coefficient (Wildman–Crippen LogP) is 3.65. The molecule has 0 saturated carbocycles. The van der Waals surface area contributed by atoms with Crippen LogP contribution in [0.15, 0.2) is 28.7 Å². The van der Waals surface area contributed by atoms with Crippen LogP contribution in [0.5, 0.6) is 0 Å². The number of aromatic amines is 1. The van der Waals surface area contributed by atoms with Crippen molar-refractivity contribution in [2.75, 3.05) is 13.1 Å². The number of carboxylic acids is 1. The fraction of sp³-hybridized carbons (Fsp3) is 0.412. The van der Waals surface area contributed by atoms with Gasteiger partial charge in [-0.25, -0.2) is 0 Å². The summed E-state index contributed by atoms with van der Waals surface area (Å²) in [5.74, 6) is -0.491. The molecule has 0 aliphatic carbocycles. The zero-order chi connectivity index (χ0) is 16.4. The largest absolute Gasteiger partial charge is 0.481 e. The lowest BCUT2D eigenvalue weighted by molar-refractivity contribution is -0.137. The summed E-state index contributed by atoms with van der Waals surface area (Å²) in [6.07, 6.45) is 2.74. The number of carboxylic acid groups (broad SMARTS) is 1. The van der Waals surface area contributed by atoms with Crippen molar-refractivity contribution >= 4 is 38.7 Å². The van der Waals surface area contributed by atoms with Crippen molar-refractivity contribution in [1.82, 2.24) is 9.88 Å². The molecule has 1 atom stereocenters. The molecule has 6 heteroatoms. The van der Waals surface area contributed by atoms with Crippen LogP contribution in [0.4, 0.5) is 0 Å². The number of rotatable bonds is 4. The number of nitrogens with one attached hydrogen (secondary N) is 1. The summed E-state index contributed by atoms with van der Waals surface area (Å²) in [5, 5.41) is 9.82. The third-order valence-corrected chi connectivity index (χ3v) is 4.88. The quantitative estimate of drug-likeness (QED) is 0.852. The molecule has 1 aromatic carbocycles. The Morgan fingerprint density at radius 2 is 2.17 bits per heavy atom.